The first-order valence-corrected chi connectivity index (χ1v) is 14.7. The van der Waals surface area contributed by atoms with Gasteiger partial charge in [0, 0.05) is 16.1 Å². The van der Waals surface area contributed by atoms with Crippen LogP contribution in [0.15, 0.2) is 120 Å². The van der Waals surface area contributed by atoms with Crippen molar-refractivity contribution in [1.29, 1.82) is 0 Å². The Morgan fingerprint density at radius 1 is 0.837 bits per heavy atom. The number of carbonyl (C=O) groups is 2. The molecule has 1 fully saturated rings. The number of aryl methyl sites for hydroxylation is 2. The Balaban J connectivity index is 1.31. The minimum absolute atomic E-state index is 0.0462. The Labute approximate surface area is 254 Å². The Bertz CT molecular complexity index is 1810. The lowest BCUT2D eigenvalue weighted by molar-refractivity contribution is -0.132. The van der Waals surface area contributed by atoms with Crippen LogP contribution in [0.1, 0.15) is 33.2 Å². The molecule has 6 nitrogen and oxygen atoms in total. The monoisotopic (exact) mass is 587 g/mol. The topological polar surface area (TPSA) is 76.1 Å². The summed E-state index contributed by atoms with van der Waals surface area (Å²) in [4.78, 5) is 29.2. The van der Waals surface area contributed by atoms with Crippen molar-refractivity contribution in [1.82, 2.24) is 0 Å². The third-order valence-electron chi connectivity index (χ3n) is 7.28. The zero-order chi connectivity index (χ0) is 29.9. The van der Waals surface area contributed by atoms with E-state index in [2.05, 4.69) is 0 Å². The number of anilines is 1. The number of aliphatic hydroxyl groups is 1. The fourth-order valence-corrected chi connectivity index (χ4v) is 5.98. The number of carbonyl (C=O) groups excluding carboxylic acids is 2. The predicted octanol–water partition coefficient (Wildman–Crippen LogP) is 8.36. The SMILES string of the molecule is Cc1cccc(Oc2ccc(N3C(=O)C(=O)/C(=C(\O)c4ccc(OCc5ccccc5)c(C)c4)C3c3cccs3)cc2)c1. The van der Waals surface area contributed by atoms with Gasteiger partial charge in [-0.3, -0.25) is 14.5 Å². The number of ether oxygens (including phenoxy) is 2. The molecule has 4 aromatic carbocycles. The van der Waals surface area contributed by atoms with E-state index in [1.54, 1.807) is 42.5 Å². The highest BCUT2D eigenvalue weighted by molar-refractivity contribution is 7.10. The largest absolute Gasteiger partial charge is 0.507 e. The first-order chi connectivity index (χ1) is 20.9. The maximum atomic E-state index is 13.5. The summed E-state index contributed by atoms with van der Waals surface area (Å²) in [5.74, 6) is 0.312. The second-order valence-corrected chi connectivity index (χ2v) is 11.3. The Morgan fingerprint density at radius 3 is 2.33 bits per heavy atom. The number of benzene rings is 4. The minimum Gasteiger partial charge on any atom is -0.507 e. The molecule has 1 N–H and O–H groups in total. The number of Topliss-reactive ketones (excluding diaryl/α,β-unsaturated/α-hetero) is 1. The summed E-state index contributed by atoms with van der Waals surface area (Å²) < 4.78 is 12.0. The van der Waals surface area contributed by atoms with Crippen molar-refractivity contribution in [3.05, 3.63) is 147 Å². The van der Waals surface area contributed by atoms with Gasteiger partial charge in [0.15, 0.2) is 0 Å². The second-order valence-electron chi connectivity index (χ2n) is 10.4. The van der Waals surface area contributed by atoms with Gasteiger partial charge in [-0.2, -0.15) is 0 Å². The van der Waals surface area contributed by atoms with Crippen LogP contribution in [0, 0.1) is 13.8 Å². The normalized spacial score (nSPS) is 16.0. The van der Waals surface area contributed by atoms with Gasteiger partial charge in [0.25, 0.3) is 11.7 Å². The Morgan fingerprint density at radius 2 is 1.63 bits per heavy atom. The van der Waals surface area contributed by atoms with E-state index in [-0.39, 0.29) is 11.3 Å². The maximum absolute atomic E-state index is 13.5. The summed E-state index contributed by atoms with van der Waals surface area (Å²) in [7, 11) is 0. The Hall–Kier alpha value is -5.14. The molecule has 7 heteroatoms. The molecule has 6 rings (SSSR count). The number of aliphatic hydroxyl groups excluding tert-OH is 1. The van der Waals surface area contributed by atoms with Crippen LogP contribution in [0.3, 0.4) is 0 Å². The van der Waals surface area contributed by atoms with Gasteiger partial charge in [-0.1, -0.05) is 48.5 Å². The van der Waals surface area contributed by atoms with E-state index in [1.807, 2.05) is 86.0 Å². The second kappa shape index (κ2) is 12.0. The van der Waals surface area contributed by atoms with Crippen molar-refractivity contribution in [2.24, 2.45) is 0 Å². The number of rotatable bonds is 8. The lowest BCUT2D eigenvalue weighted by atomic mass is 9.98. The van der Waals surface area contributed by atoms with Gasteiger partial charge in [-0.15, -0.1) is 11.3 Å². The Kier molecular flexibility index (Phi) is 7.81. The molecular formula is C36H29NO5S. The van der Waals surface area contributed by atoms with Gasteiger partial charge < -0.3 is 14.6 Å². The summed E-state index contributed by atoms with van der Waals surface area (Å²) in [5, 5.41) is 13.4. The third kappa shape index (κ3) is 5.80. The average molecular weight is 588 g/mol. The van der Waals surface area contributed by atoms with Crippen LogP contribution < -0.4 is 14.4 Å². The summed E-state index contributed by atoms with van der Waals surface area (Å²) in [6, 6.07) is 32.8. The summed E-state index contributed by atoms with van der Waals surface area (Å²) in [6.45, 7) is 4.28. The molecule has 1 aliphatic heterocycles. The molecule has 1 amide bonds. The van der Waals surface area contributed by atoms with Gasteiger partial charge >= 0.3 is 0 Å². The van der Waals surface area contributed by atoms with Crippen molar-refractivity contribution in [2.75, 3.05) is 4.90 Å². The number of nitrogens with zero attached hydrogens (tertiary/aromatic N) is 1. The number of hydrogen-bond donors (Lipinski definition) is 1. The van der Waals surface area contributed by atoms with Gasteiger partial charge in [0.05, 0.1) is 5.57 Å². The highest BCUT2D eigenvalue weighted by Gasteiger charge is 2.47. The van der Waals surface area contributed by atoms with E-state index in [9.17, 15) is 14.7 Å². The van der Waals surface area contributed by atoms with Gasteiger partial charge in [0.1, 0.15) is 35.7 Å². The lowest BCUT2D eigenvalue weighted by Gasteiger charge is -2.24. The molecule has 0 saturated carbocycles. The average Bonchev–Trinajstić information content (AvgIpc) is 3.64. The molecule has 214 valence electrons. The zero-order valence-electron chi connectivity index (χ0n) is 23.7. The standard InChI is InChI=1S/C36H29NO5S/c1-23-8-6-11-29(20-23)42-28-16-14-27(15-17-28)37-33(31-12-7-19-43-31)32(35(39)36(37)40)34(38)26-13-18-30(24(2)21-26)41-22-25-9-4-3-5-10-25/h3-21,33,38H,22H2,1-2H3/b34-32-. The molecule has 0 aliphatic carbocycles. The van der Waals surface area contributed by atoms with Gasteiger partial charge in [-0.25, -0.2) is 0 Å². The molecule has 5 aromatic rings. The first-order valence-electron chi connectivity index (χ1n) is 13.9. The molecule has 1 atom stereocenters. The first kappa shape index (κ1) is 28.0. The highest BCUT2D eigenvalue weighted by Crippen LogP contribution is 2.44. The van der Waals surface area contributed by atoms with E-state index < -0.39 is 17.7 Å². The van der Waals surface area contributed by atoms with Crippen LogP contribution in [-0.4, -0.2) is 16.8 Å². The molecule has 1 unspecified atom stereocenters. The molecule has 1 aromatic heterocycles. The smallest absolute Gasteiger partial charge is 0.300 e. The van der Waals surface area contributed by atoms with Crippen molar-refractivity contribution in [2.45, 2.75) is 26.5 Å². The van der Waals surface area contributed by atoms with E-state index in [4.69, 9.17) is 9.47 Å². The van der Waals surface area contributed by atoms with Crippen molar-refractivity contribution >= 4 is 34.5 Å². The summed E-state index contributed by atoms with van der Waals surface area (Å²) >= 11 is 1.42. The molecule has 43 heavy (non-hydrogen) atoms. The maximum Gasteiger partial charge on any atom is 0.300 e. The fraction of sp³-hybridized carbons (Fsp3) is 0.111. The number of amides is 1. The highest BCUT2D eigenvalue weighted by atomic mass is 32.1. The molecule has 0 spiro atoms. The summed E-state index contributed by atoms with van der Waals surface area (Å²) in [6.07, 6.45) is 0. The van der Waals surface area contributed by atoms with E-state index >= 15 is 0 Å². The molecule has 0 radical (unpaired) electrons. The van der Waals surface area contributed by atoms with Crippen molar-refractivity contribution in [3.63, 3.8) is 0 Å². The van der Waals surface area contributed by atoms with Crippen LogP contribution in [0.2, 0.25) is 0 Å². The van der Waals surface area contributed by atoms with Crippen LogP contribution >= 0.6 is 11.3 Å². The third-order valence-corrected chi connectivity index (χ3v) is 8.21. The molecule has 0 bridgehead atoms. The van der Waals surface area contributed by atoms with Gasteiger partial charge in [-0.05, 0) is 96.6 Å². The molecule has 1 aliphatic rings. The zero-order valence-corrected chi connectivity index (χ0v) is 24.5. The minimum atomic E-state index is -0.780. The van der Waals surface area contributed by atoms with E-state index in [1.165, 1.54) is 16.2 Å². The van der Waals surface area contributed by atoms with Crippen LogP contribution in [0.25, 0.3) is 5.76 Å². The van der Waals surface area contributed by atoms with Crippen molar-refractivity contribution < 1.29 is 24.2 Å². The number of thiophene rings is 1. The van der Waals surface area contributed by atoms with Crippen LogP contribution in [0.4, 0.5) is 5.69 Å². The predicted molar refractivity (Wildman–Crippen MR) is 169 cm³/mol. The lowest BCUT2D eigenvalue weighted by Crippen LogP contribution is -2.29. The molecule has 1 saturated heterocycles. The quantitative estimate of drug-likeness (QED) is 0.112. The van der Waals surface area contributed by atoms with Gasteiger partial charge in [0.2, 0.25) is 0 Å². The van der Waals surface area contributed by atoms with E-state index in [0.717, 1.165) is 21.6 Å². The van der Waals surface area contributed by atoms with Crippen LogP contribution in [0.5, 0.6) is 17.2 Å². The number of ketones is 1. The van der Waals surface area contributed by atoms with E-state index in [0.29, 0.717) is 35.1 Å². The van der Waals surface area contributed by atoms with Crippen molar-refractivity contribution in [3.8, 4) is 17.2 Å². The summed E-state index contributed by atoms with van der Waals surface area (Å²) in [5.41, 5.74) is 3.93. The fourth-order valence-electron chi connectivity index (χ4n) is 5.15. The molecule has 2 heterocycles. The van der Waals surface area contributed by atoms with Crippen LogP contribution in [-0.2, 0) is 16.2 Å². The number of hydrogen-bond acceptors (Lipinski definition) is 6. The molecular weight excluding hydrogens is 558 g/mol.